The van der Waals surface area contributed by atoms with Crippen molar-refractivity contribution in [2.45, 2.75) is 59.0 Å². The third-order valence-electron chi connectivity index (χ3n) is 5.37. The molecule has 0 bridgehead atoms. The molecular weight excluding hydrogens is 480 g/mol. The molecule has 0 saturated heterocycles. The number of esters is 2. The van der Waals surface area contributed by atoms with E-state index in [2.05, 4.69) is 6.58 Å². The summed E-state index contributed by atoms with van der Waals surface area (Å²) >= 11 is 0. The van der Waals surface area contributed by atoms with Gasteiger partial charge in [0, 0.05) is 60.3 Å². The van der Waals surface area contributed by atoms with Crippen LogP contribution in [0.1, 0.15) is 47.0 Å². The van der Waals surface area contributed by atoms with Gasteiger partial charge in [-0.25, -0.2) is 4.79 Å². The topological polar surface area (TPSA) is 108 Å². The van der Waals surface area contributed by atoms with E-state index in [1.54, 1.807) is 49.6 Å². The first-order chi connectivity index (χ1) is 15.9. The number of rotatable bonds is 17. The van der Waals surface area contributed by atoms with Gasteiger partial charge in [0.15, 0.2) is 0 Å². The second kappa shape index (κ2) is 18.2. The van der Waals surface area contributed by atoms with Gasteiger partial charge in [-0.1, -0.05) is 13.5 Å². The normalized spacial score (nSPS) is 11.9. The molecule has 12 heteroatoms. The van der Waals surface area contributed by atoms with E-state index < -0.39 is 23.0 Å². The SMILES string of the molecule is C=C(C)C(=O)OCCC[Si](OC)(OC)OC.CCC(C)(C)C(=O)OCCC[Si](OC)(OC)OC. The molecule has 0 spiro atoms. The van der Waals surface area contributed by atoms with Gasteiger partial charge >= 0.3 is 29.5 Å². The zero-order chi connectivity index (χ0) is 26.8. The average molecular weight is 527 g/mol. The van der Waals surface area contributed by atoms with Crippen molar-refractivity contribution in [2.24, 2.45) is 5.41 Å². The smallest absolute Gasteiger partial charge is 0.465 e. The summed E-state index contributed by atoms with van der Waals surface area (Å²) in [5, 5.41) is 0. The molecule has 202 valence electrons. The van der Waals surface area contributed by atoms with Gasteiger partial charge in [0.1, 0.15) is 0 Å². The minimum atomic E-state index is -2.53. The number of hydrogen-bond acceptors (Lipinski definition) is 10. The van der Waals surface area contributed by atoms with Crippen molar-refractivity contribution >= 4 is 29.5 Å². The maximum absolute atomic E-state index is 11.7. The summed E-state index contributed by atoms with van der Waals surface area (Å²) in [5.41, 5.74) is -0.0214. The Morgan fingerprint density at radius 2 is 1.09 bits per heavy atom. The first-order valence-corrected chi connectivity index (χ1v) is 15.1. The van der Waals surface area contributed by atoms with Gasteiger partial charge in [0.25, 0.3) is 0 Å². The zero-order valence-electron chi connectivity index (χ0n) is 22.7. The predicted octanol–water partition coefficient (Wildman–Crippen LogP) is 3.61. The molecule has 0 aromatic heterocycles. The molecule has 0 aliphatic rings. The summed E-state index contributed by atoms with van der Waals surface area (Å²) < 4.78 is 41.7. The van der Waals surface area contributed by atoms with Crippen LogP contribution in [0.25, 0.3) is 0 Å². The molecule has 0 radical (unpaired) electrons. The molecule has 0 unspecified atom stereocenters. The van der Waals surface area contributed by atoms with Crippen LogP contribution in [0.15, 0.2) is 12.2 Å². The molecule has 0 aromatic carbocycles. The van der Waals surface area contributed by atoms with Gasteiger partial charge in [-0.3, -0.25) is 4.79 Å². The second-order valence-electron chi connectivity index (χ2n) is 8.09. The predicted molar refractivity (Wildman–Crippen MR) is 133 cm³/mol. The Hall–Kier alpha value is -1.13. The van der Waals surface area contributed by atoms with Crippen LogP contribution in [0.4, 0.5) is 0 Å². The maximum Gasteiger partial charge on any atom is 0.500 e. The first kappa shape index (κ1) is 35.0. The summed E-state index contributed by atoms with van der Waals surface area (Å²) in [5.74, 6) is -0.538. The molecule has 0 heterocycles. The van der Waals surface area contributed by atoms with E-state index >= 15 is 0 Å². The fraction of sp³-hybridized carbons (Fsp3) is 0.818. The first-order valence-electron chi connectivity index (χ1n) is 11.2. The molecule has 0 saturated carbocycles. The van der Waals surface area contributed by atoms with Gasteiger partial charge in [0.05, 0.1) is 18.6 Å². The quantitative estimate of drug-likeness (QED) is 0.121. The van der Waals surface area contributed by atoms with Crippen LogP contribution in [-0.2, 0) is 45.6 Å². The lowest BCUT2D eigenvalue weighted by atomic mass is 9.91. The molecule has 0 amide bonds. The van der Waals surface area contributed by atoms with Crippen molar-refractivity contribution in [3.8, 4) is 0 Å². The molecule has 0 aromatic rings. The summed E-state index contributed by atoms with van der Waals surface area (Å²) in [6, 6.07) is 1.25. The molecule has 0 aliphatic heterocycles. The molecule has 0 N–H and O–H groups in total. The Balaban J connectivity index is 0. The fourth-order valence-electron chi connectivity index (χ4n) is 2.48. The highest BCUT2D eigenvalue weighted by molar-refractivity contribution is 6.60. The summed E-state index contributed by atoms with van der Waals surface area (Å²) in [7, 11) is 4.32. The van der Waals surface area contributed by atoms with Gasteiger partial charge in [-0.05, 0) is 40.0 Å². The molecule has 0 rings (SSSR count). The van der Waals surface area contributed by atoms with Crippen molar-refractivity contribution in [1.82, 2.24) is 0 Å². The third-order valence-corrected chi connectivity index (χ3v) is 11.0. The van der Waals surface area contributed by atoms with E-state index in [9.17, 15) is 9.59 Å². The van der Waals surface area contributed by atoms with E-state index in [0.717, 1.165) is 6.42 Å². The second-order valence-corrected chi connectivity index (χ2v) is 14.3. The molecule has 10 nitrogen and oxygen atoms in total. The third kappa shape index (κ3) is 13.1. The lowest BCUT2D eigenvalue weighted by molar-refractivity contribution is -0.154. The Bertz CT molecular complexity index is 574. The minimum absolute atomic E-state index is 0.162. The lowest BCUT2D eigenvalue weighted by Crippen LogP contribution is -2.42. The van der Waals surface area contributed by atoms with Crippen LogP contribution < -0.4 is 0 Å². The van der Waals surface area contributed by atoms with Crippen molar-refractivity contribution < 1.29 is 45.6 Å². The van der Waals surface area contributed by atoms with Crippen LogP contribution in [0.3, 0.4) is 0 Å². The maximum atomic E-state index is 11.7. The monoisotopic (exact) mass is 526 g/mol. The lowest BCUT2D eigenvalue weighted by Gasteiger charge is -2.24. The average Bonchev–Trinajstić information content (AvgIpc) is 2.85. The molecule has 0 fully saturated rings. The van der Waals surface area contributed by atoms with E-state index in [1.807, 2.05) is 20.8 Å². The van der Waals surface area contributed by atoms with Crippen molar-refractivity contribution in [1.29, 1.82) is 0 Å². The standard InChI is InChI=1S/C12H26O5Si.C10H20O5Si/c1-7-12(2,3)11(13)17-9-8-10-18(14-4,15-5)16-6;1-9(2)10(11)15-7-6-8-16(12-3,13-4)14-5/h7-10H2,1-6H3;1,6-8H2,2-5H3. The van der Waals surface area contributed by atoms with Crippen molar-refractivity contribution in [3.63, 3.8) is 0 Å². The Labute approximate surface area is 207 Å². The van der Waals surface area contributed by atoms with Crippen LogP contribution in [0.2, 0.25) is 12.1 Å². The van der Waals surface area contributed by atoms with Crippen LogP contribution in [0, 0.1) is 5.41 Å². The van der Waals surface area contributed by atoms with Gasteiger partial charge < -0.3 is 36.0 Å². The number of carbonyl (C=O) groups is 2. The fourth-order valence-corrected chi connectivity index (χ4v) is 5.86. The largest absolute Gasteiger partial charge is 0.500 e. The van der Waals surface area contributed by atoms with E-state index in [4.69, 9.17) is 36.0 Å². The van der Waals surface area contributed by atoms with Gasteiger partial charge in [0.2, 0.25) is 0 Å². The molecular formula is C22H46O10Si2. The zero-order valence-corrected chi connectivity index (χ0v) is 24.7. The van der Waals surface area contributed by atoms with E-state index in [-0.39, 0.29) is 11.9 Å². The van der Waals surface area contributed by atoms with Crippen LogP contribution in [0.5, 0.6) is 0 Å². The number of ether oxygens (including phenoxy) is 2. The number of hydrogen-bond donors (Lipinski definition) is 0. The van der Waals surface area contributed by atoms with Gasteiger partial charge in [-0.2, -0.15) is 0 Å². The summed E-state index contributed by atoms with van der Waals surface area (Å²) in [6.07, 6.45) is 2.08. The highest BCUT2D eigenvalue weighted by Gasteiger charge is 2.38. The van der Waals surface area contributed by atoms with E-state index in [1.165, 1.54) is 0 Å². The number of carbonyl (C=O) groups excluding carboxylic acids is 2. The molecule has 0 aliphatic carbocycles. The van der Waals surface area contributed by atoms with E-state index in [0.29, 0.717) is 43.7 Å². The summed E-state index contributed by atoms with van der Waals surface area (Å²) in [6.45, 7) is 11.5. The van der Waals surface area contributed by atoms with Crippen molar-refractivity contribution in [3.05, 3.63) is 12.2 Å². The van der Waals surface area contributed by atoms with Crippen LogP contribution in [-0.4, -0.2) is 85.4 Å². The molecule has 34 heavy (non-hydrogen) atoms. The van der Waals surface area contributed by atoms with Crippen LogP contribution >= 0.6 is 0 Å². The Kier molecular flexibility index (Phi) is 18.7. The molecule has 0 atom stereocenters. The highest BCUT2D eigenvalue weighted by atomic mass is 28.4. The highest BCUT2D eigenvalue weighted by Crippen LogP contribution is 2.22. The van der Waals surface area contributed by atoms with Gasteiger partial charge in [-0.15, -0.1) is 0 Å². The summed E-state index contributed by atoms with van der Waals surface area (Å²) in [4.78, 5) is 22.8. The Morgan fingerprint density at radius 1 is 0.735 bits per heavy atom. The van der Waals surface area contributed by atoms with Crippen molar-refractivity contribution in [2.75, 3.05) is 55.9 Å². The Morgan fingerprint density at radius 3 is 1.38 bits per heavy atom. The minimum Gasteiger partial charge on any atom is -0.465 e.